The third-order valence-corrected chi connectivity index (χ3v) is 4.25. The highest BCUT2D eigenvalue weighted by Crippen LogP contribution is 2.22. The number of halogens is 1. The van der Waals surface area contributed by atoms with Crippen LogP contribution in [-0.4, -0.2) is 20.9 Å². The Kier molecular flexibility index (Phi) is 5.48. The molecule has 0 amide bonds. The van der Waals surface area contributed by atoms with Crippen LogP contribution in [0, 0.1) is 6.92 Å². The highest BCUT2D eigenvalue weighted by atomic mass is 35.5. The third kappa shape index (κ3) is 3.69. The van der Waals surface area contributed by atoms with Crippen LogP contribution in [0.2, 0.25) is 5.02 Å². The molecule has 2 aromatic rings. The van der Waals surface area contributed by atoms with Crippen molar-refractivity contribution in [3.8, 4) is 0 Å². The molecule has 0 radical (unpaired) electrons. The molecule has 2 heterocycles. The summed E-state index contributed by atoms with van der Waals surface area (Å²) in [5, 5.41) is 8.75. The summed E-state index contributed by atoms with van der Waals surface area (Å²) < 4.78 is 4.16. The van der Waals surface area contributed by atoms with Crippen LogP contribution < -0.4 is 5.32 Å². The van der Waals surface area contributed by atoms with Gasteiger partial charge in [0.2, 0.25) is 0 Å². The zero-order chi connectivity index (χ0) is 15.4. The predicted molar refractivity (Wildman–Crippen MR) is 87.9 cm³/mol. The molecule has 1 N–H and O–H groups in total. The average Bonchev–Trinajstić information content (AvgIpc) is 3.05. The standard InChI is InChI=1S/C16H25ClN4/c1-5-8-18-12(3)14-7-9-20(10-14)11-15-16(17)13(4)19-21(15)6-2/h7,9-10,12,18H,5-6,8,11H2,1-4H3. The van der Waals surface area contributed by atoms with Crippen LogP contribution in [0.3, 0.4) is 0 Å². The van der Waals surface area contributed by atoms with E-state index in [0.717, 1.165) is 42.5 Å². The first-order valence-electron chi connectivity index (χ1n) is 7.67. The van der Waals surface area contributed by atoms with Crippen LogP contribution in [0.1, 0.15) is 50.2 Å². The zero-order valence-corrected chi connectivity index (χ0v) is 14.1. The average molecular weight is 309 g/mol. The summed E-state index contributed by atoms with van der Waals surface area (Å²) in [5.74, 6) is 0. The van der Waals surface area contributed by atoms with Crippen LogP contribution in [0.5, 0.6) is 0 Å². The Balaban J connectivity index is 2.12. The SMILES string of the molecule is CCCNC(C)c1ccn(Cc2c(Cl)c(C)nn2CC)c1. The van der Waals surface area contributed by atoms with E-state index in [1.54, 1.807) is 0 Å². The topological polar surface area (TPSA) is 34.8 Å². The van der Waals surface area contributed by atoms with Crippen LogP contribution >= 0.6 is 11.6 Å². The molecule has 2 aromatic heterocycles. The summed E-state index contributed by atoms with van der Waals surface area (Å²) >= 11 is 6.37. The molecule has 4 nitrogen and oxygen atoms in total. The molecule has 0 saturated carbocycles. The summed E-state index contributed by atoms with van der Waals surface area (Å²) in [6.45, 7) is 11.1. The molecule has 2 rings (SSSR count). The van der Waals surface area contributed by atoms with Gasteiger partial charge in [-0.05, 0) is 45.4 Å². The van der Waals surface area contributed by atoms with Gasteiger partial charge in [-0.3, -0.25) is 4.68 Å². The number of hydrogen-bond acceptors (Lipinski definition) is 2. The molecule has 0 aromatic carbocycles. The molecule has 0 fully saturated rings. The summed E-state index contributed by atoms with van der Waals surface area (Å²) in [7, 11) is 0. The van der Waals surface area contributed by atoms with Gasteiger partial charge in [0.1, 0.15) is 0 Å². The van der Waals surface area contributed by atoms with E-state index in [1.165, 1.54) is 5.56 Å². The van der Waals surface area contributed by atoms with Crippen molar-refractivity contribution in [1.82, 2.24) is 19.7 Å². The fourth-order valence-electron chi connectivity index (χ4n) is 2.49. The van der Waals surface area contributed by atoms with Crippen molar-refractivity contribution in [2.24, 2.45) is 0 Å². The van der Waals surface area contributed by atoms with Gasteiger partial charge in [0, 0.05) is 25.0 Å². The van der Waals surface area contributed by atoms with Crippen LogP contribution in [0.15, 0.2) is 18.5 Å². The van der Waals surface area contributed by atoms with Gasteiger partial charge in [0.25, 0.3) is 0 Å². The number of nitrogens with one attached hydrogen (secondary N) is 1. The molecule has 1 unspecified atom stereocenters. The molecule has 0 aliphatic heterocycles. The van der Waals surface area contributed by atoms with Crippen molar-refractivity contribution in [2.45, 2.75) is 53.2 Å². The van der Waals surface area contributed by atoms with Crippen LogP contribution in [-0.2, 0) is 13.1 Å². The maximum Gasteiger partial charge on any atom is 0.0865 e. The molecular formula is C16H25ClN4. The van der Waals surface area contributed by atoms with Crippen molar-refractivity contribution in [3.63, 3.8) is 0 Å². The first-order valence-corrected chi connectivity index (χ1v) is 8.05. The molecule has 0 saturated heterocycles. The number of nitrogens with zero attached hydrogens (tertiary/aromatic N) is 3. The lowest BCUT2D eigenvalue weighted by Crippen LogP contribution is -2.18. The Morgan fingerprint density at radius 1 is 1.38 bits per heavy atom. The van der Waals surface area contributed by atoms with Gasteiger partial charge in [-0.15, -0.1) is 0 Å². The Morgan fingerprint density at radius 3 is 2.81 bits per heavy atom. The minimum Gasteiger partial charge on any atom is -0.348 e. The second kappa shape index (κ2) is 7.14. The van der Waals surface area contributed by atoms with Crippen molar-refractivity contribution < 1.29 is 0 Å². The number of hydrogen-bond donors (Lipinski definition) is 1. The van der Waals surface area contributed by atoms with E-state index in [4.69, 9.17) is 11.6 Å². The van der Waals surface area contributed by atoms with Crippen LogP contribution in [0.25, 0.3) is 0 Å². The van der Waals surface area contributed by atoms with Gasteiger partial charge < -0.3 is 9.88 Å². The van der Waals surface area contributed by atoms with E-state index in [-0.39, 0.29) is 0 Å². The van der Waals surface area contributed by atoms with Crippen molar-refractivity contribution in [1.29, 1.82) is 0 Å². The van der Waals surface area contributed by atoms with E-state index >= 15 is 0 Å². The van der Waals surface area contributed by atoms with E-state index in [9.17, 15) is 0 Å². The molecule has 5 heteroatoms. The second-order valence-electron chi connectivity index (χ2n) is 5.45. The maximum absolute atomic E-state index is 6.37. The fraction of sp³-hybridized carbons (Fsp3) is 0.562. The Morgan fingerprint density at radius 2 is 2.14 bits per heavy atom. The van der Waals surface area contributed by atoms with E-state index in [2.05, 4.69) is 54.2 Å². The van der Waals surface area contributed by atoms with Gasteiger partial charge in [0.05, 0.1) is 23.0 Å². The van der Waals surface area contributed by atoms with Crippen molar-refractivity contribution in [3.05, 3.63) is 40.4 Å². The predicted octanol–water partition coefficient (Wildman–Crippen LogP) is 3.78. The van der Waals surface area contributed by atoms with Gasteiger partial charge in [-0.2, -0.15) is 5.10 Å². The Bertz CT molecular complexity index is 585. The van der Waals surface area contributed by atoms with Crippen molar-refractivity contribution >= 4 is 11.6 Å². The lowest BCUT2D eigenvalue weighted by Gasteiger charge is -2.11. The third-order valence-electron chi connectivity index (χ3n) is 3.76. The Labute approximate surface area is 132 Å². The minimum absolute atomic E-state index is 0.375. The van der Waals surface area contributed by atoms with Crippen LogP contribution in [0.4, 0.5) is 0 Å². The molecule has 0 aliphatic carbocycles. The lowest BCUT2D eigenvalue weighted by molar-refractivity contribution is 0.567. The summed E-state index contributed by atoms with van der Waals surface area (Å²) in [5.41, 5.74) is 3.28. The highest BCUT2D eigenvalue weighted by Gasteiger charge is 2.13. The van der Waals surface area contributed by atoms with Crippen molar-refractivity contribution in [2.75, 3.05) is 6.54 Å². The van der Waals surface area contributed by atoms with E-state index in [1.807, 2.05) is 11.6 Å². The van der Waals surface area contributed by atoms with Gasteiger partial charge in [-0.1, -0.05) is 18.5 Å². The lowest BCUT2D eigenvalue weighted by atomic mass is 10.2. The maximum atomic E-state index is 6.37. The van der Waals surface area contributed by atoms with E-state index in [0.29, 0.717) is 6.04 Å². The smallest absolute Gasteiger partial charge is 0.0865 e. The zero-order valence-electron chi connectivity index (χ0n) is 13.4. The highest BCUT2D eigenvalue weighted by molar-refractivity contribution is 6.31. The first kappa shape index (κ1) is 16.1. The monoisotopic (exact) mass is 308 g/mol. The quantitative estimate of drug-likeness (QED) is 0.845. The molecule has 1 atom stereocenters. The van der Waals surface area contributed by atoms with E-state index < -0.39 is 0 Å². The summed E-state index contributed by atoms with van der Waals surface area (Å²) in [6.07, 6.45) is 5.44. The van der Waals surface area contributed by atoms with Gasteiger partial charge in [-0.25, -0.2) is 0 Å². The normalized spacial score (nSPS) is 12.8. The molecule has 21 heavy (non-hydrogen) atoms. The number of aryl methyl sites for hydroxylation is 2. The fourth-order valence-corrected chi connectivity index (χ4v) is 2.68. The molecular weight excluding hydrogens is 284 g/mol. The minimum atomic E-state index is 0.375. The summed E-state index contributed by atoms with van der Waals surface area (Å²) in [4.78, 5) is 0. The largest absolute Gasteiger partial charge is 0.348 e. The second-order valence-corrected chi connectivity index (χ2v) is 5.83. The first-order chi connectivity index (χ1) is 10.1. The molecule has 0 aliphatic rings. The van der Waals surface area contributed by atoms with Gasteiger partial charge in [0.15, 0.2) is 0 Å². The summed E-state index contributed by atoms with van der Waals surface area (Å²) in [6, 6.07) is 2.54. The number of rotatable bonds is 7. The molecule has 0 bridgehead atoms. The molecule has 0 spiro atoms. The molecule has 116 valence electrons. The van der Waals surface area contributed by atoms with Gasteiger partial charge >= 0.3 is 0 Å². The number of aromatic nitrogens is 3. The Hall–Kier alpha value is -1.26.